The number of ether oxygens (including phenoxy) is 2. The molecule has 144 valence electrons. The van der Waals surface area contributed by atoms with Gasteiger partial charge in [-0.2, -0.15) is 5.10 Å². The molecule has 28 heavy (non-hydrogen) atoms. The molecule has 3 aromatic rings. The Morgan fingerprint density at radius 2 is 2.04 bits per heavy atom. The van der Waals surface area contributed by atoms with E-state index in [9.17, 15) is 4.79 Å². The van der Waals surface area contributed by atoms with Crippen molar-refractivity contribution in [3.63, 3.8) is 0 Å². The van der Waals surface area contributed by atoms with Crippen LogP contribution in [-0.4, -0.2) is 34.7 Å². The van der Waals surface area contributed by atoms with E-state index in [2.05, 4.69) is 25.8 Å². The Balaban J connectivity index is 1.39. The molecule has 1 aliphatic rings. The number of H-pyrrole nitrogens is 1. The van der Waals surface area contributed by atoms with Crippen molar-refractivity contribution in [2.24, 2.45) is 0 Å². The third kappa shape index (κ3) is 3.96. The second kappa shape index (κ2) is 8.10. The maximum atomic E-state index is 12.5. The van der Waals surface area contributed by atoms with Crippen LogP contribution >= 0.6 is 0 Å². The summed E-state index contributed by atoms with van der Waals surface area (Å²) in [4.78, 5) is 16.7. The van der Waals surface area contributed by atoms with E-state index in [4.69, 9.17) is 9.47 Å². The largest absolute Gasteiger partial charge is 0.497 e. The van der Waals surface area contributed by atoms with Gasteiger partial charge in [0.15, 0.2) is 5.69 Å². The van der Waals surface area contributed by atoms with Crippen LogP contribution in [0.25, 0.3) is 0 Å². The molecule has 2 aromatic heterocycles. The van der Waals surface area contributed by atoms with Crippen molar-refractivity contribution < 1.29 is 14.3 Å². The van der Waals surface area contributed by atoms with E-state index in [-0.39, 0.29) is 5.91 Å². The van der Waals surface area contributed by atoms with Gasteiger partial charge >= 0.3 is 0 Å². The molecular formula is C20H21N5O3. The number of rotatable bonds is 6. The Kier molecular flexibility index (Phi) is 5.20. The summed E-state index contributed by atoms with van der Waals surface area (Å²) in [6.45, 7) is 1.91. The van der Waals surface area contributed by atoms with Crippen molar-refractivity contribution in [2.45, 2.75) is 19.5 Å². The highest BCUT2D eigenvalue weighted by Gasteiger charge is 2.21. The number of aromatic amines is 1. The first kappa shape index (κ1) is 18.0. The maximum Gasteiger partial charge on any atom is 0.272 e. The van der Waals surface area contributed by atoms with Crippen molar-refractivity contribution in [1.82, 2.24) is 25.8 Å². The van der Waals surface area contributed by atoms with E-state index in [1.54, 1.807) is 19.4 Å². The highest BCUT2D eigenvalue weighted by atomic mass is 16.5. The van der Waals surface area contributed by atoms with Gasteiger partial charge in [0.25, 0.3) is 5.91 Å². The van der Waals surface area contributed by atoms with Crippen LogP contribution in [0.15, 0.2) is 42.6 Å². The zero-order chi connectivity index (χ0) is 19.3. The molecule has 1 aromatic carbocycles. The maximum absolute atomic E-state index is 12.5. The predicted molar refractivity (Wildman–Crippen MR) is 102 cm³/mol. The molecule has 0 aliphatic carbocycles. The third-order valence-corrected chi connectivity index (χ3v) is 4.56. The van der Waals surface area contributed by atoms with E-state index < -0.39 is 0 Å². The number of fused-ring (bicyclic) bond motifs is 1. The molecule has 3 heterocycles. The summed E-state index contributed by atoms with van der Waals surface area (Å²) >= 11 is 0. The summed E-state index contributed by atoms with van der Waals surface area (Å²) in [5, 5.41) is 13.3. The molecule has 0 unspecified atom stereocenters. The lowest BCUT2D eigenvalue weighted by Crippen LogP contribution is -2.28. The standard InChI is InChI=1S/C20H21N5O3/c1-27-14-2-4-15(5-3-14)28-18-10-13(6-9-22-18)11-23-20(26)19-16-12-21-8-7-17(16)24-25-19/h2-6,9-10,21H,7-8,11-12H2,1H3,(H,23,26)(H,24,25). The normalized spacial score (nSPS) is 12.9. The molecule has 8 heteroatoms. The zero-order valence-corrected chi connectivity index (χ0v) is 15.5. The highest BCUT2D eigenvalue weighted by Crippen LogP contribution is 2.23. The summed E-state index contributed by atoms with van der Waals surface area (Å²) in [7, 11) is 1.62. The van der Waals surface area contributed by atoms with E-state index >= 15 is 0 Å². The Bertz CT molecular complexity index is 968. The highest BCUT2D eigenvalue weighted by molar-refractivity contribution is 5.94. The molecule has 3 N–H and O–H groups in total. The van der Waals surface area contributed by atoms with Crippen LogP contribution < -0.4 is 20.1 Å². The number of methoxy groups -OCH3 is 1. The summed E-state index contributed by atoms with van der Waals surface area (Å²) in [6, 6.07) is 10.9. The first-order chi connectivity index (χ1) is 13.7. The number of nitrogens with one attached hydrogen (secondary N) is 3. The molecule has 8 nitrogen and oxygen atoms in total. The molecule has 0 bridgehead atoms. The molecule has 0 spiro atoms. The van der Waals surface area contributed by atoms with Crippen molar-refractivity contribution in [2.75, 3.05) is 13.7 Å². The number of carbonyl (C=O) groups excluding carboxylic acids is 1. The third-order valence-electron chi connectivity index (χ3n) is 4.56. The van der Waals surface area contributed by atoms with Gasteiger partial charge in [-0.3, -0.25) is 9.89 Å². The number of amides is 1. The number of carbonyl (C=O) groups is 1. The lowest BCUT2D eigenvalue weighted by molar-refractivity contribution is 0.0944. The van der Waals surface area contributed by atoms with E-state index in [1.807, 2.05) is 30.3 Å². The second-order valence-corrected chi connectivity index (χ2v) is 6.42. The molecule has 0 atom stereocenters. The predicted octanol–water partition coefficient (Wildman–Crippen LogP) is 2.18. The molecule has 1 aliphatic heterocycles. The van der Waals surface area contributed by atoms with Gasteiger partial charge in [0, 0.05) is 49.6 Å². The lowest BCUT2D eigenvalue weighted by Gasteiger charge is -2.13. The van der Waals surface area contributed by atoms with Gasteiger partial charge in [-0.25, -0.2) is 4.98 Å². The average Bonchev–Trinajstić information content (AvgIpc) is 3.17. The zero-order valence-electron chi connectivity index (χ0n) is 15.5. The van der Waals surface area contributed by atoms with Crippen LogP contribution in [0.1, 0.15) is 27.3 Å². The Labute approximate surface area is 162 Å². The smallest absolute Gasteiger partial charge is 0.272 e. The minimum atomic E-state index is -0.198. The minimum absolute atomic E-state index is 0.198. The minimum Gasteiger partial charge on any atom is -0.497 e. The summed E-state index contributed by atoms with van der Waals surface area (Å²) in [5.41, 5.74) is 3.31. The first-order valence-electron chi connectivity index (χ1n) is 9.05. The van der Waals surface area contributed by atoms with Gasteiger partial charge in [-0.1, -0.05) is 0 Å². The monoisotopic (exact) mass is 379 g/mol. The number of benzene rings is 1. The number of pyridine rings is 1. The molecule has 1 amide bonds. The molecule has 4 rings (SSSR count). The van der Waals surface area contributed by atoms with Crippen LogP contribution in [0.2, 0.25) is 0 Å². The first-order valence-corrected chi connectivity index (χ1v) is 9.05. The molecular weight excluding hydrogens is 358 g/mol. The number of aromatic nitrogens is 3. The van der Waals surface area contributed by atoms with Crippen molar-refractivity contribution >= 4 is 5.91 Å². The van der Waals surface area contributed by atoms with Crippen LogP contribution in [0, 0.1) is 0 Å². The number of hydrogen-bond donors (Lipinski definition) is 3. The van der Waals surface area contributed by atoms with Gasteiger partial charge in [-0.05, 0) is 35.9 Å². The van der Waals surface area contributed by atoms with Gasteiger partial charge in [-0.15, -0.1) is 0 Å². The van der Waals surface area contributed by atoms with Crippen LogP contribution in [0.3, 0.4) is 0 Å². The van der Waals surface area contributed by atoms with Crippen LogP contribution in [-0.2, 0) is 19.5 Å². The molecule has 0 radical (unpaired) electrons. The fraction of sp³-hybridized carbons (Fsp3) is 0.250. The van der Waals surface area contributed by atoms with Crippen LogP contribution in [0.5, 0.6) is 17.4 Å². The second-order valence-electron chi connectivity index (χ2n) is 6.42. The summed E-state index contributed by atoms with van der Waals surface area (Å²) < 4.78 is 10.9. The quantitative estimate of drug-likeness (QED) is 0.607. The fourth-order valence-corrected chi connectivity index (χ4v) is 3.06. The van der Waals surface area contributed by atoms with Crippen LogP contribution in [0.4, 0.5) is 0 Å². The van der Waals surface area contributed by atoms with E-state index in [0.717, 1.165) is 35.5 Å². The Morgan fingerprint density at radius 1 is 1.21 bits per heavy atom. The van der Waals surface area contributed by atoms with Gasteiger partial charge in [0.1, 0.15) is 11.5 Å². The Morgan fingerprint density at radius 3 is 2.86 bits per heavy atom. The van der Waals surface area contributed by atoms with Crippen molar-refractivity contribution in [1.29, 1.82) is 0 Å². The average molecular weight is 379 g/mol. The molecule has 0 saturated carbocycles. The SMILES string of the molecule is COc1ccc(Oc2cc(CNC(=O)c3n[nH]c4c3CNCC4)ccn2)cc1. The fourth-order valence-electron chi connectivity index (χ4n) is 3.06. The summed E-state index contributed by atoms with van der Waals surface area (Å²) in [6.07, 6.45) is 2.51. The van der Waals surface area contributed by atoms with Crippen molar-refractivity contribution in [3.8, 4) is 17.4 Å². The van der Waals surface area contributed by atoms with E-state index in [1.165, 1.54) is 0 Å². The molecule has 0 saturated heterocycles. The number of hydrogen-bond acceptors (Lipinski definition) is 6. The van der Waals surface area contributed by atoms with Gasteiger partial charge < -0.3 is 20.1 Å². The molecule has 0 fully saturated rings. The van der Waals surface area contributed by atoms with Gasteiger partial charge in [0.2, 0.25) is 5.88 Å². The van der Waals surface area contributed by atoms with Crippen molar-refractivity contribution in [3.05, 3.63) is 65.1 Å². The van der Waals surface area contributed by atoms with E-state index in [0.29, 0.717) is 30.4 Å². The lowest BCUT2D eigenvalue weighted by atomic mass is 10.1. The number of nitrogens with zero attached hydrogens (tertiary/aromatic N) is 2. The Hall–Kier alpha value is -3.39. The topological polar surface area (TPSA) is 101 Å². The van der Waals surface area contributed by atoms with Gasteiger partial charge in [0.05, 0.1) is 7.11 Å². The summed E-state index contributed by atoms with van der Waals surface area (Å²) in [5.74, 6) is 1.67.